The summed E-state index contributed by atoms with van der Waals surface area (Å²) in [5.41, 5.74) is 1.46. The SMILES string of the molecule is O=C(CCC(=O)c1cccs1)Nc1nc2scc(-c3cc(Cl)ccc3Cl)n2n1. The molecule has 0 aliphatic heterocycles. The van der Waals surface area contributed by atoms with E-state index in [0.29, 0.717) is 19.9 Å². The molecule has 3 heterocycles. The fourth-order valence-electron chi connectivity index (χ4n) is 2.59. The van der Waals surface area contributed by atoms with Crippen LogP contribution in [0.1, 0.15) is 22.5 Å². The van der Waals surface area contributed by atoms with E-state index in [-0.39, 0.29) is 30.5 Å². The molecule has 0 unspecified atom stereocenters. The summed E-state index contributed by atoms with van der Waals surface area (Å²) in [5.74, 6) is -0.188. The molecule has 0 radical (unpaired) electrons. The average Bonchev–Trinajstić information content (AvgIpc) is 3.39. The van der Waals surface area contributed by atoms with Gasteiger partial charge in [0, 0.05) is 28.8 Å². The highest BCUT2D eigenvalue weighted by atomic mass is 35.5. The minimum absolute atomic E-state index is 0.0539. The smallest absolute Gasteiger partial charge is 0.250 e. The second kappa shape index (κ2) is 8.00. The molecule has 0 spiro atoms. The number of anilines is 1. The van der Waals surface area contributed by atoms with Gasteiger partial charge in [0.2, 0.25) is 16.8 Å². The summed E-state index contributed by atoms with van der Waals surface area (Å²) >= 11 is 15.1. The molecule has 4 rings (SSSR count). The Labute approximate surface area is 177 Å². The third-order valence-corrected chi connectivity index (χ3v) is 6.20. The highest BCUT2D eigenvalue weighted by Gasteiger charge is 2.16. The van der Waals surface area contributed by atoms with Gasteiger partial charge in [-0.2, -0.15) is 4.98 Å². The van der Waals surface area contributed by atoms with Gasteiger partial charge in [-0.05, 0) is 29.6 Å². The van der Waals surface area contributed by atoms with Gasteiger partial charge in [0.1, 0.15) is 0 Å². The first-order valence-electron chi connectivity index (χ1n) is 8.17. The molecule has 0 bridgehead atoms. The van der Waals surface area contributed by atoms with E-state index in [2.05, 4.69) is 15.4 Å². The van der Waals surface area contributed by atoms with Crippen molar-refractivity contribution in [2.45, 2.75) is 12.8 Å². The number of hydrogen-bond acceptors (Lipinski definition) is 6. The number of carbonyl (C=O) groups is 2. The number of benzene rings is 1. The van der Waals surface area contributed by atoms with Crippen LogP contribution in [0.5, 0.6) is 0 Å². The van der Waals surface area contributed by atoms with E-state index >= 15 is 0 Å². The summed E-state index contributed by atoms with van der Waals surface area (Å²) in [6, 6.07) is 8.73. The molecule has 4 aromatic rings. The summed E-state index contributed by atoms with van der Waals surface area (Å²) in [4.78, 5) is 29.7. The number of nitrogens with zero attached hydrogens (tertiary/aromatic N) is 3. The second-order valence-corrected chi connectivity index (χ2v) is 8.45. The lowest BCUT2D eigenvalue weighted by atomic mass is 10.2. The van der Waals surface area contributed by atoms with E-state index in [4.69, 9.17) is 23.2 Å². The molecule has 0 atom stereocenters. The van der Waals surface area contributed by atoms with Crippen LogP contribution in [-0.2, 0) is 4.79 Å². The highest BCUT2D eigenvalue weighted by molar-refractivity contribution is 7.15. The zero-order valence-corrected chi connectivity index (χ0v) is 17.3. The van der Waals surface area contributed by atoms with Gasteiger partial charge in [0.15, 0.2) is 5.78 Å². The van der Waals surface area contributed by atoms with E-state index in [0.717, 1.165) is 11.3 Å². The molecule has 1 amide bonds. The number of fused-ring (bicyclic) bond motifs is 1. The quantitative estimate of drug-likeness (QED) is 0.397. The Hall–Kier alpha value is -2.26. The van der Waals surface area contributed by atoms with Gasteiger partial charge in [-0.25, -0.2) is 4.52 Å². The van der Waals surface area contributed by atoms with E-state index < -0.39 is 0 Å². The minimum Gasteiger partial charge on any atom is -0.293 e. The maximum Gasteiger partial charge on any atom is 0.250 e. The molecule has 6 nitrogen and oxygen atoms in total. The van der Waals surface area contributed by atoms with E-state index in [9.17, 15) is 9.59 Å². The third kappa shape index (κ3) is 3.95. The first kappa shape index (κ1) is 19.1. The molecule has 142 valence electrons. The monoisotopic (exact) mass is 450 g/mol. The van der Waals surface area contributed by atoms with E-state index in [1.807, 2.05) is 16.8 Å². The molecule has 0 aliphatic rings. The number of nitrogens with one attached hydrogen (secondary N) is 1. The van der Waals surface area contributed by atoms with Crippen molar-refractivity contribution in [1.29, 1.82) is 0 Å². The van der Waals surface area contributed by atoms with Crippen LogP contribution in [0.4, 0.5) is 5.95 Å². The topological polar surface area (TPSA) is 76.4 Å². The number of amides is 1. The Morgan fingerprint density at radius 2 is 2.00 bits per heavy atom. The van der Waals surface area contributed by atoms with Crippen LogP contribution < -0.4 is 5.32 Å². The molecule has 28 heavy (non-hydrogen) atoms. The van der Waals surface area contributed by atoms with Crippen LogP contribution in [-0.4, -0.2) is 26.3 Å². The van der Waals surface area contributed by atoms with Gasteiger partial charge in [-0.3, -0.25) is 14.9 Å². The van der Waals surface area contributed by atoms with Crippen LogP contribution in [0.15, 0.2) is 41.1 Å². The summed E-state index contributed by atoms with van der Waals surface area (Å²) in [6.07, 6.45) is 0.203. The zero-order valence-electron chi connectivity index (χ0n) is 14.2. The Morgan fingerprint density at radius 1 is 1.14 bits per heavy atom. The first-order chi connectivity index (χ1) is 13.5. The zero-order chi connectivity index (χ0) is 19.7. The van der Waals surface area contributed by atoms with Crippen molar-refractivity contribution >= 4 is 68.5 Å². The predicted octanol–water partition coefficient (Wildman–Crippen LogP) is 5.43. The average molecular weight is 451 g/mol. The Balaban J connectivity index is 1.48. The van der Waals surface area contributed by atoms with Gasteiger partial charge < -0.3 is 0 Å². The van der Waals surface area contributed by atoms with Gasteiger partial charge >= 0.3 is 0 Å². The lowest BCUT2D eigenvalue weighted by molar-refractivity contribution is -0.116. The first-order valence-corrected chi connectivity index (χ1v) is 10.7. The summed E-state index contributed by atoms with van der Waals surface area (Å²) < 4.78 is 1.61. The van der Waals surface area contributed by atoms with E-state index in [1.54, 1.807) is 28.8 Å². The van der Waals surface area contributed by atoms with Crippen molar-refractivity contribution < 1.29 is 9.59 Å². The van der Waals surface area contributed by atoms with Crippen molar-refractivity contribution in [3.63, 3.8) is 0 Å². The number of aromatic nitrogens is 3. The van der Waals surface area contributed by atoms with Crippen molar-refractivity contribution in [2.75, 3.05) is 5.32 Å². The molecule has 0 saturated heterocycles. The third-order valence-electron chi connectivity index (χ3n) is 3.91. The Bertz CT molecular complexity index is 1170. The van der Waals surface area contributed by atoms with Crippen molar-refractivity contribution in [1.82, 2.24) is 14.6 Å². The summed E-state index contributed by atoms with van der Waals surface area (Å²) in [6.45, 7) is 0. The molecule has 0 aliphatic carbocycles. The van der Waals surface area contributed by atoms with Gasteiger partial charge in [0.05, 0.1) is 15.6 Å². The maximum absolute atomic E-state index is 12.2. The lowest BCUT2D eigenvalue weighted by Gasteiger charge is -2.03. The maximum atomic E-state index is 12.2. The van der Waals surface area contributed by atoms with Crippen LogP contribution in [0.3, 0.4) is 0 Å². The molecule has 10 heteroatoms. The number of ketones is 1. The molecular formula is C18H12Cl2N4O2S2. The molecule has 0 fully saturated rings. The number of hydrogen-bond donors (Lipinski definition) is 1. The number of halogens is 2. The van der Waals surface area contributed by atoms with E-state index in [1.165, 1.54) is 22.7 Å². The molecule has 0 saturated carbocycles. The van der Waals surface area contributed by atoms with Gasteiger partial charge in [-0.15, -0.1) is 27.8 Å². The summed E-state index contributed by atoms with van der Waals surface area (Å²) in [5, 5.41) is 11.8. The Kier molecular flexibility index (Phi) is 5.45. The fraction of sp³-hybridized carbons (Fsp3) is 0.111. The minimum atomic E-state index is -0.314. The highest BCUT2D eigenvalue weighted by Crippen LogP contribution is 2.33. The van der Waals surface area contributed by atoms with Gasteiger partial charge in [0.25, 0.3) is 0 Å². The summed E-state index contributed by atoms with van der Waals surface area (Å²) in [7, 11) is 0. The lowest BCUT2D eigenvalue weighted by Crippen LogP contribution is -2.14. The van der Waals surface area contributed by atoms with Crippen LogP contribution in [0.25, 0.3) is 16.2 Å². The molecule has 1 aromatic carbocycles. The normalized spacial score (nSPS) is 11.1. The molecule has 1 N–H and O–H groups in total. The Morgan fingerprint density at radius 3 is 2.79 bits per heavy atom. The fourth-order valence-corrected chi connectivity index (χ4v) is 4.49. The van der Waals surface area contributed by atoms with Crippen LogP contribution in [0, 0.1) is 0 Å². The van der Waals surface area contributed by atoms with Gasteiger partial charge in [-0.1, -0.05) is 29.3 Å². The van der Waals surface area contributed by atoms with Crippen molar-refractivity contribution in [3.05, 3.63) is 56.0 Å². The standard InChI is InChI=1S/C18H12Cl2N4O2S2/c19-10-3-4-12(20)11(8-10)13-9-28-18-22-17(23-24(13)18)21-16(26)6-5-14(25)15-2-1-7-27-15/h1-4,7-9H,5-6H2,(H,21,23,26). The number of carbonyl (C=O) groups excluding carboxylic acids is 2. The van der Waals surface area contributed by atoms with Crippen LogP contribution >= 0.6 is 45.9 Å². The van der Waals surface area contributed by atoms with Crippen LogP contribution in [0.2, 0.25) is 10.0 Å². The van der Waals surface area contributed by atoms with Crippen molar-refractivity contribution in [3.8, 4) is 11.3 Å². The number of thiophene rings is 1. The molecule has 3 aromatic heterocycles. The number of rotatable bonds is 6. The number of thiazole rings is 1. The van der Waals surface area contributed by atoms with Crippen molar-refractivity contribution in [2.24, 2.45) is 0 Å². The largest absolute Gasteiger partial charge is 0.293 e. The number of Topliss-reactive ketones (excluding diaryl/α,β-unsaturated/α-hetero) is 1. The predicted molar refractivity (Wildman–Crippen MR) is 113 cm³/mol. The molecular weight excluding hydrogens is 439 g/mol. The second-order valence-electron chi connectivity index (χ2n) is 5.82.